The minimum atomic E-state index is 0.807. The van der Waals surface area contributed by atoms with E-state index in [1.54, 1.807) is 0 Å². The van der Waals surface area contributed by atoms with Crippen LogP contribution in [0, 0.1) is 5.92 Å². The van der Waals surface area contributed by atoms with Gasteiger partial charge in [-0.15, -0.1) is 0 Å². The molecular weight excluding hydrogens is 314 g/mol. The van der Waals surface area contributed by atoms with Crippen LogP contribution >= 0.6 is 27.5 Å². The second kappa shape index (κ2) is 6.90. The summed E-state index contributed by atoms with van der Waals surface area (Å²) in [7, 11) is 2.10. The molecule has 18 heavy (non-hydrogen) atoms. The molecule has 0 atom stereocenters. The summed E-state index contributed by atoms with van der Waals surface area (Å²) in [6, 6.07) is 6.03. The van der Waals surface area contributed by atoms with Crippen LogP contribution in [0.1, 0.15) is 18.4 Å². The average Bonchev–Trinajstić information content (AvgIpc) is 3.12. The van der Waals surface area contributed by atoms with E-state index in [-0.39, 0.29) is 0 Å². The largest absolute Gasteiger partial charge is 0.380 e. The van der Waals surface area contributed by atoms with Gasteiger partial charge in [0, 0.05) is 29.2 Å². The number of rotatable bonds is 7. The first-order valence-electron chi connectivity index (χ1n) is 6.35. The third-order valence-electron chi connectivity index (χ3n) is 3.12. The van der Waals surface area contributed by atoms with Gasteiger partial charge in [0.2, 0.25) is 0 Å². The molecule has 0 aliphatic heterocycles. The smallest absolute Gasteiger partial charge is 0.0593 e. The first-order valence-corrected chi connectivity index (χ1v) is 7.52. The lowest BCUT2D eigenvalue weighted by Gasteiger charge is -2.17. The highest BCUT2D eigenvalue weighted by atomic mass is 79.9. The first-order chi connectivity index (χ1) is 8.65. The van der Waals surface area contributed by atoms with Gasteiger partial charge < -0.3 is 4.74 Å². The third-order valence-corrected chi connectivity index (χ3v) is 3.97. The van der Waals surface area contributed by atoms with Crippen LogP contribution in [-0.2, 0) is 11.3 Å². The molecule has 0 saturated heterocycles. The second-order valence-electron chi connectivity index (χ2n) is 4.99. The number of hydrogen-bond acceptors (Lipinski definition) is 2. The van der Waals surface area contributed by atoms with E-state index in [4.69, 9.17) is 16.3 Å². The number of halogens is 2. The molecule has 1 saturated carbocycles. The molecule has 1 aromatic rings. The van der Waals surface area contributed by atoms with Crippen molar-refractivity contribution in [1.29, 1.82) is 0 Å². The Morgan fingerprint density at radius 2 is 2.22 bits per heavy atom. The maximum absolute atomic E-state index is 6.20. The van der Waals surface area contributed by atoms with Crippen molar-refractivity contribution in [1.82, 2.24) is 4.90 Å². The fourth-order valence-electron chi connectivity index (χ4n) is 1.77. The van der Waals surface area contributed by atoms with Crippen LogP contribution in [0.2, 0.25) is 5.02 Å². The molecule has 0 N–H and O–H groups in total. The molecule has 1 fully saturated rings. The maximum Gasteiger partial charge on any atom is 0.0593 e. The zero-order chi connectivity index (χ0) is 13.0. The van der Waals surface area contributed by atoms with Crippen molar-refractivity contribution in [2.24, 2.45) is 5.92 Å². The molecule has 100 valence electrons. The lowest BCUT2D eigenvalue weighted by Crippen LogP contribution is -2.23. The number of benzene rings is 1. The molecule has 1 aliphatic rings. The predicted octanol–water partition coefficient (Wildman–Crippen LogP) is 3.96. The highest BCUT2D eigenvalue weighted by molar-refractivity contribution is 9.10. The van der Waals surface area contributed by atoms with Gasteiger partial charge in [0.15, 0.2) is 0 Å². The summed E-state index contributed by atoms with van der Waals surface area (Å²) in [5.74, 6) is 0.844. The monoisotopic (exact) mass is 331 g/mol. The van der Waals surface area contributed by atoms with E-state index in [0.29, 0.717) is 0 Å². The normalized spacial score (nSPS) is 15.3. The molecule has 0 aromatic heterocycles. The molecule has 2 rings (SSSR count). The van der Waals surface area contributed by atoms with E-state index in [0.717, 1.165) is 47.3 Å². The lowest BCUT2D eigenvalue weighted by molar-refractivity contribution is 0.102. The Hall–Kier alpha value is -0.0900. The molecule has 2 nitrogen and oxygen atoms in total. The molecule has 0 radical (unpaired) electrons. The van der Waals surface area contributed by atoms with Crippen LogP contribution < -0.4 is 0 Å². The first kappa shape index (κ1) is 14.3. The van der Waals surface area contributed by atoms with Gasteiger partial charge in [0.1, 0.15) is 0 Å². The van der Waals surface area contributed by atoms with Gasteiger partial charge in [0.05, 0.1) is 6.61 Å². The van der Waals surface area contributed by atoms with Crippen LogP contribution in [-0.4, -0.2) is 31.7 Å². The van der Waals surface area contributed by atoms with Crippen molar-refractivity contribution >= 4 is 27.5 Å². The fourth-order valence-corrected chi connectivity index (χ4v) is 2.51. The van der Waals surface area contributed by atoms with Crippen LogP contribution in [0.25, 0.3) is 0 Å². The van der Waals surface area contributed by atoms with E-state index in [1.807, 2.05) is 12.1 Å². The average molecular weight is 333 g/mol. The summed E-state index contributed by atoms with van der Waals surface area (Å²) in [6.45, 7) is 3.55. The summed E-state index contributed by atoms with van der Waals surface area (Å²) in [5.41, 5.74) is 1.16. The summed E-state index contributed by atoms with van der Waals surface area (Å²) < 4.78 is 6.65. The Morgan fingerprint density at radius 1 is 1.44 bits per heavy atom. The van der Waals surface area contributed by atoms with Crippen molar-refractivity contribution in [3.63, 3.8) is 0 Å². The van der Waals surface area contributed by atoms with Crippen LogP contribution in [0.5, 0.6) is 0 Å². The SMILES string of the molecule is CN(CCOCC1CC1)Cc1ccc(Br)cc1Cl. The third kappa shape index (κ3) is 4.88. The van der Waals surface area contributed by atoms with Gasteiger partial charge in [-0.1, -0.05) is 33.6 Å². The zero-order valence-corrected chi connectivity index (χ0v) is 13.0. The standard InChI is InChI=1S/C14H19BrClNO/c1-17(6-7-18-10-11-2-3-11)9-12-4-5-13(15)8-14(12)16/h4-5,8,11H,2-3,6-7,9-10H2,1H3. The Kier molecular flexibility index (Phi) is 5.49. The minimum Gasteiger partial charge on any atom is -0.380 e. The van der Waals surface area contributed by atoms with E-state index in [2.05, 4.69) is 33.9 Å². The van der Waals surface area contributed by atoms with Crippen LogP contribution in [0.15, 0.2) is 22.7 Å². The van der Waals surface area contributed by atoms with Gasteiger partial charge in [-0.3, -0.25) is 4.90 Å². The van der Waals surface area contributed by atoms with E-state index >= 15 is 0 Å². The molecule has 0 amide bonds. The van der Waals surface area contributed by atoms with E-state index in [9.17, 15) is 0 Å². The van der Waals surface area contributed by atoms with Crippen molar-refractivity contribution < 1.29 is 4.74 Å². The minimum absolute atomic E-state index is 0.807. The maximum atomic E-state index is 6.20. The Labute approximate surface area is 122 Å². The highest BCUT2D eigenvalue weighted by Gasteiger charge is 2.20. The van der Waals surface area contributed by atoms with Gasteiger partial charge in [0.25, 0.3) is 0 Å². The summed E-state index contributed by atoms with van der Waals surface area (Å²) >= 11 is 9.61. The molecule has 0 spiro atoms. The molecule has 4 heteroatoms. The molecule has 0 bridgehead atoms. The van der Waals surface area contributed by atoms with Crippen LogP contribution in [0.4, 0.5) is 0 Å². The quantitative estimate of drug-likeness (QED) is 0.701. The van der Waals surface area contributed by atoms with Crippen molar-refractivity contribution in [2.45, 2.75) is 19.4 Å². The Bertz CT molecular complexity index is 395. The molecule has 0 heterocycles. The molecule has 0 unspecified atom stereocenters. The summed E-state index contributed by atoms with van der Waals surface area (Å²) in [6.07, 6.45) is 2.70. The summed E-state index contributed by atoms with van der Waals surface area (Å²) in [5, 5.41) is 0.815. The van der Waals surface area contributed by atoms with E-state index < -0.39 is 0 Å². The second-order valence-corrected chi connectivity index (χ2v) is 6.31. The van der Waals surface area contributed by atoms with Crippen molar-refractivity contribution in [3.8, 4) is 0 Å². The molecular formula is C14H19BrClNO. The Morgan fingerprint density at radius 3 is 2.89 bits per heavy atom. The van der Waals surface area contributed by atoms with Gasteiger partial charge in [-0.25, -0.2) is 0 Å². The van der Waals surface area contributed by atoms with Crippen molar-refractivity contribution in [2.75, 3.05) is 26.8 Å². The molecule has 1 aliphatic carbocycles. The molecule has 1 aromatic carbocycles. The number of nitrogens with zero attached hydrogens (tertiary/aromatic N) is 1. The van der Waals surface area contributed by atoms with Crippen LogP contribution in [0.3, 0.4) is 0 Å². The topological polar surface area (TPSA) is 12.5 Å². The van der Waals surface area contributed by atoms with Crippen molar-refractivity contribution in [3.05, 3.63) is 33.3 Å². The van der Waals surface area contributed by atoms with E-state index in [1.165, 1.54) is 12.8 Å². The van der Waals surface area contributed by atoms with Gasteiger partial charge in [-0.2, -0.15) is 0 Å². The zero-order valence-electron chi connectivity index (χ0n) is 10.7. The highest BCUT2D eigenvalue weighted by Crippen LogP contribution is 2.28. The number of ether oxygens (including phenoxy) is 1. The summed E-state index contributed by atoms with van der Waals surface area (Å²) in [4.78, 5) is 2.24. The van der Waals surface area contributed by atoms with Gasteiger partial charge in [-0.05, 0) is 43.5 Å². The van der Waals surface area contributed by atoms with Gasteiger partial charge >= 0.3 is 0 Å². The number of likely N-dealkylation sites (N-methyl/N-ethyl adjacent to an activating group) is 1. The predicted molar refractivity (Wildman–Crippen MR) is 79.0 cm³/mol. The lowest BCUT2D eigenvalue weighted by atomic mass is 10.2. The fraction of sp³-hybridized carbons (Fsp3) is 0.571. The number of hydrogen-bond donors (Lipinski definition) is 0. The Balaban J connectivity index is 1.70.